The van der Waals surface area contributed by atoms with Crippen LogP contribution in [0.2, 0.25) is 0 Å². The number of rotatable bonds is 2. The fourth-order valence-corrected chi connectivity index (χ4v) is 5.59. The summed E-state index contributed by atoms with van der Waals surface area (Å²) in [6.45, 7) is 8.35. The molecule has 0 unspecified atom stereocenters. The number of nitriles is 1. The number of thiophene rings is 1. The van der Waals surface area contributed by atoms with Gasteiger partial charge in [-0.3, -0.25) is 9.69 Å². The molecule has 0 spiro atoms. The minimum atomic E-state index is -0.386. The molecular formula is C24H25N3OS. The second-order valence-electron chi connectivity index (χ2n) is 8.68. The van der Waals surface area contributed by atoms with E-state index >= 15 is 0 Å². The van der Waals surface area contributed by atoms with Crippen molar-refractivity contribution < 1.29 is 4.79 Å². The average Bonchev–Trinajstić information content (AvgIpc) is 2.98. The van der Waals surface area contributed by atoms with Crippen LogP contribution >= 0.6 is 11.3 Å². The first-order chi connectivity index (χ1) is 13.7. The number of Topliss-reactive ketones (excluding diaryl/α,β-unsaturated/α-hetero) is 1. The van der Waals surface area contributed by atoms with Crippen molar-refractivity contribution in [2.75, 3.05) is 4.90 Å². The zero-order valence-corrected chi connectivity index (χ0v) is 18.1. The number of anilines is 1. The Hall–Kier alpha value is -2.84. The molecule has 148 valence electrons. The highest BCUT2D eigenvalue weighted by Crippen LogP contribution is 2.51. The Morgan fingerprint density at radius 1 is 1.21 bits per heavy atom. The number of hydrogen-bond donors (Lipinski definition) is 1. The molecule has 0 amide bonds. The third-order valence-corrected chi connectivity index (χ3v) is 6.77. The van der Waals surface area contributed by atoms with Gasteiger partial charge in [-0.05, 0) is 49.4 Å². The molecule has 0 saturated heterocycles. The molecule has 29 heavy (non-hydrogen) atoms. The summed E-state index contributed by atoms with van der Waals surface area (Å²) in [4.78, 5) is 17.7. The van der Waals surface area contributed by atoms with Crippen LogP contribution in [0.25, 0.3) is 0 Å². The zero-order valence-electron chi connectivity index (χ0n) is 17.2. The number of ketones is 1. The highest BCUT2D eigenvalue weighted by Gasteiger charge is 2.45. The van der Waals surface area contributed by atoms with Gasteiger partial charge in [0, 0.05) is 33.1 Å². The number of nitrogens with two attached hydrogens (primary N) is 1. The number of aryl methyl sites for hydroxylation is 2. The Labute approximate surface area is 176 Å². The van der Waals surface area contributed by atoms with E-state index in [0.29, 0.717) is 17.8 Å². The quantitative estimate of drug-likeness (QED) is 0.738. The van der Waals surface area contributed by atoms with Gasteiger partial charge >= 0.3 is 0 Å². The average molecular weight is 404 g/mol. The Bertz CT molecular complexity index is 1100. The van der Waals surface area contributed by atoms with Gasteiger partial charge in [0.1, 0.15) is 5.82 Å². The second-order valence-corrected chi connectivity index (χ2v) is 10.1. The summed E-state index contributed by atoms with van der Waals surface area (Å²) in [5.74, 6) is 0.158. The molecule has 5 heteroatoms. The first kappa shape index (κ1) is 19.5. The lowest BCUT2D eigenvalue weighted by atomic mass is 9.68. The van der Waals surface area contributed by atoms with Gasteiger partial charge in [0.2, 0.25) is 0 Å². The Balaban J connectivity index is 2.02. The predicted molar refractivity (Wildman–Crippen MR) is 117 cm³/mol. The number of benzene rings is 1. The van der Waals surface area contributed by atoms with E-state index in [0.717, 1.165) is 33.8 Å². The maximum absolute atomic E-state index is 13.4. The summed E-state index contributed by atoms with van der Waals surface area (Å²) in [7, 11) is 0. The summed E-state index contributed by atoms with van der Waals surface area (Å²) in [6, 6.07) is 14.2. The van der Waals surface area contributed by atoms with E-state index < -0.39 is 0 Å². The molecule has 1 aromatic heterocycles. The molecule has 1 aromatic carbocycles. The molecule has 2 aromatic rings. The molecule has 1 aliphatic carbocycles. The van der Waals surface area contributed by atoms with Crippen LogP contribution in [-0.4, -0.2) is 5.78 Å². The normalized spacial score (nSPS) is 21.3. The monoisotopic (exact) mass is 403 g/mol. The van der Waals surface area contributed by atoms with Gasteiger partial charge in [0.15, 0.2) is 5.78 Å². The molecule has 4 nitrogen and oxygen atoms in total. The van der Waals surface area contributed by atoms with Gasteiger partial charge in [0.05, 0.1) is 17.6 Å². The lowest BCUT2D eigenvalue weighted by Gasteiger charge is -2.43. The molecule has 2 heterocycles. The van der Waals surface area contributed by atoms with Crippen LogP contribution in [0.15, 0.2) is 59.1 Å². The van der Waals surface area contributed by atoms with E-state index in [1.165, 1.54) is 4.88 Å². The molecule has 2 N–H and O–H groups in total. The Morgan fingerprint density at radius 2 is 1.90 bits per heavy atom. The van der Waals surface area contributed by atoms with Crippen molar-refractivity contribution in [1.82, 2.24) is 0 Å². The van der Waals surface area contributed by atoms with Crippen molar-refractivity contribution in [2.45, 2.75) is 46.5 Å². The predicted octanol–water partition coefficient (Wildman–Crippen LogP) is 5.31. The van der Waals surface area contributed by atoms with Gasteiger partial charge in [-0.25, -0.2) is 0 Å². The second kappa shape index (κ2) is 6.89. The minimum Gasteiger partial charge on any atom is -0.384 e. The Kier molecular flexibility index (Phi) is 4.63. The van der Waals surface area contributed by atoms with E-state index in [1.807, 2.05) is 35.2 Å². The van der Waals surface area contributed by atoms with Crippen LogP contribution < -0.4 is 10.6 Å². The fraction of sp³-hybridized carbons (Fsp3) is 0.333. The third-order valence-electron chi connectivity index (χ3n) is 5.79. The van der Waals surface area contributed by atoms with Gasteiger partial charge in [-0.2, -0.15) is 5.26 Å². The van der Waals surface area contributed by atoms with Crippen LogP contribution in [0.4, 0.5) is 5.69 Å². The first-order valence-corrected chi connectivity index (χ1v) is 10.6. The lowest BCUT2D eigenvalue weighted by molar-refractivity contribution is -0.118. The lowest BCUT2D eigenvalue weighted by Crippen LogP contribution is -2.42. The van der Waals surface area contributed by atoms with E-state index in [-0.39, 0.29) is 17.1 Å². The van der Waals surface area contributed by atoms with E-state index in [4.69, 9.17) is 5.73 Å². The SMILES string of the molecule is Cc1cc([C@H]2C(C#N)=C(N)N(c3ccccc3)C3=C2C(=O)CC(C)(C)C3)c(C)s1. The minimum absolute atomic E-state index is 0.116. The highest BCUT2D eigenvalue weighted by molar-refractivity contribution is 7.12. The largest absolute Gasteiger partial charge is 0.384 e. The van der Waals surface area contributed by atoms with Crippen LogP contribution in [0.5, 0.6) is 0 Å². The molecule has 0 saturated carbocycles. The van der Waals surface area contributed by atoms with Crippen molar-refractivity contribution in [3.8, 4) is 6.07 Å². The number of carbonyl (C=O) groups is 1. The van der Waals surface area contributed by atoms with Crippen LogP contribution in [0.1, 0.15) is 47.9 Å². The smallest absolute Gasteiger partial charge is 0.162 e. The molecular weight excluding hydrogens is 378 g/mol. The topological polar surface area (TPSA) is 70.1 Å². The Morgan fingerprint density at radius 3 is 2.48 bits per heavy atom. The van der Waals surface area contributed by atoms with Gasteiger partial charge in [-0.1, -0.05) is 32.0 Å². The summed E-state index contributed by atoms with van der Waals surface area (Å²) in [5, 5.41) is 10.1. The molecule has 1 aliphatic heterocycles. The third kappa shape index (κ3) is 3.18. The number of nitrogens with zero attached hydrogens (tertiary/aromatic N) is 2. The summed E-state index contributed by atoms with van der Waals surface area (Å²) >= 11 is 1.69. The molecule has 4 rings (SSSR count). The maximum Gasteiger partial charge on any atom is 0.162 e. The number of allylic oxidation sites excluding steroid dienone is 3. The van der Waals surface area contributed by atoms with Crippen LogP contribution in [-0.2, 0) is 4.79 Å². The standard InChI is InChI=1S/C24H25N3OS/c1-14-10-17(15(2)29-14)21-18(13-25)23(26)27(16-8-6-5-7-9-16)19-11-24(3,4)12-20(28)22(19)21/h5-10,21H,11-12,26H2,1-4H3/t21-/m0/s1. The summed E-state index contributed by atoms with van der Waals surface area (Å²) < 4.78 is 0. The van der Waals surface area contributed by atoms with Gasteiger partial charge in [-0.15, -0.1) is 11.3 Å². The highest BCUT2D eigenvalue weighted by atomic mass is 32.1. The van der Waals surface area contributed by atoms with Crippen molar-refractivity contribution >= 4 is 22.8 Å². The summed E-state index contributed by atoms with van der Waals surface area (Å²) in [6.07, 6.45) is 1.22. The van der Waals surface area contributed by atoms with Crippen LogP contribution in [0.3, 0.4) is 0 Å². The fourth-order valence-electron chi connectivity index (χ4n) is 4.63. The molecule has 0 bridgehead atoms. The van der Waals surface area contributed by atoms with Crippen molar-refractivity contribution in [3.63, 3.8) is 0 Å². The molecule has 1 atom stereocenters. The van der Waals surface area contributed by atoms with E-state index in [9.17, 15) is 10.1 Å². The van der Waals surface area contributed by atoms with E-state index in [1.54, 1.807) is 11.3 Å². The zero-order chi connectivity index (χ0) is 20.9. The molecule has 2 aliphatic rings. The number of para-hydroxylation sites is 1. The molecule has 0 fully saturated rings. The number of hydrogen-bond acceptors (Lipinski definition) is 5. The molecule has 0 radical (unpaired) electrons. The van der Waals surface area contributed by atoms with Crippen molar-refractivity contribution in [1.29, 1.82) is 5.26 Å². The number of carbonyl (C=O) groups excluding carboxylic acids is 1. The van der Waals surface area contributed by atoms with E-state index in [2.05, 4.69) is 39.8 Å². The maximum atomic E-state index is 13.4. The summed E-state index contributed by atoms with van der Waals surface area (Å²) in [5.41, 5.74) is 10.5. The van der Waals surface area contributed by atoms with Crippen molar-refractivity contribution in [2.24, 2.45) is 11.1 Å². The van der Waals surface area contributed by atoms with Crippen molar-refractivity contribution in [3.05, 3.63) is 74.4 Å². The van der Waals surface area contributed by atoms with Gasteiger partial charge in [0.25, 0.3) is 0 Å². The first-order valence-electron chi connectivity index (χ1n) is 9.81. The van der Waals surface area contributed by atoms with Crippen LogP contribution in [0, 0.1) is 30.6 Å². The van der Waals surface area contributed by atoms with Gasteiger partial charge < -0.3 is 5.73 Å².